The summed E-state index contributed by atoms with van der Waals surface area (Å²) in [7, 11) is 0. The molecule has 2 aromatic carbocycles. The van der Waals surface area contributed by atoms with Crippen LogP contribution in [-0.2, 0) is 0 Å². The summed E-state index contributed by atoms with van der Waals surface area (Å²) in [6, 6.07) is 8.61. The molecule has 1 heterocycles. The Morgan fingerprint density at radius 2 is 1.89 bits per heavy atom. The molecule has 1 amide bonds. The molecule has 1 fully saturated rings. The minimum absolute atomic E-state index is 0.117. The van der Waals surface area contributed by atoms with E-state index < -0.39 is 23.1 Å². The van der Waals surface area contributed by atoms with Crippen LogP contribution in [0.5, 0.6) is 5.75 Å². The van der Waals surface area contributed by atoms with E-state index in [1.54, 1.807) is 0 Å². The molecule has 1 aliphatic heterocycles. The van der Waals surface area contributed by atoms with Gasteiger partial charge in [0.15, 0.2) is 0 Å². The highest BCUT2D eigenvalue weighted by atomic mass is 19.1. The van der Waals surface area contributed by atoms with Crippen molar-refractivity contribution < 1.29 is 23.4 Å². The molecule has 0 saturated carbocycles. The van der Waals surface area contributed by atoms with Crippen molar-refractivity contribution in [2.45, 2.75) is 38.7 Å². The van der Waals surface area contributed by atoms with Gasteiger partial charge in [-0.3, -0.25) is 4.79 Å². The zero-order chi connectivity index (χ0) is 20.3. The maximum Gasteiger partial charge on any atom is 0.256 e. The van der Waals surface area contributed by atoms with Gasteiger partial charge in [-0.1, -0.05) is 6.07 Å². The second-order valence-electron chi connectivity index (χ2n) is 7.53. The van der Waals surface area contributed by atoms with E-state index in [2.05, 4.69) is 0 Å². The summed E-state index contributed by atoms with van der Waals surface area (Å²) < 4.78 is 33.1. The van der Waals surface area contributed by atoms with Gasteiger partial charge < -0.3 is 14.7 Å². The summed E-state index contributed by atoms with van der Waals surface area (Å²) >= 11 is 0. The van der Waals surface area contributed by atoms with Gasteiger partial charge in [0, 0.05) is 13.1 Å². The van der Waals surface area contributed by atoms with E-state index in [1.807, 2.05) is 32.0 Å². The van der Waals surface area contributed by atoms with Gasteiger partial charge in [-0.25, -0.2) is 8.78 Å². The SMILES string of the molecule is Cc1ccc(OCC2(O)CCCN(C(=O)c3cc(F)ccc3F)CC2)cc1C. The predicted molar refractivity (Wildman–Crippen MR) is 102 cm³/mol. The smallest absolute Gasteiger partial charge is 0.256 e. The highest BCUT2D eigenvalue weighted by molar-refractivity contribution is 5.94. The van der Waals surface area contributed by atoms with Gasteiger partial charge in [-0.05, 0) is 74.6 Å². The number of amides is 1. The predicted octanol–water partition coefficient (Wildman–Crippen LogP) is 4.02. The number of aryl methyl sites for hydroxylation is 2. The van der Waals surface area contributed by atoms with E-state index in [0.29, 0.717) is 31.6 Å². The third-order valence-electron chi connectivity index (χ3n) is 5.35. The van der Waals surface area contributed by atoms with E-state index in [1.165, 1.54) is 10.5 Å². The van der Waals surface area contributed by atoms with Crippen LogP contribution in [-0.4, -0.2) is 41.2 Å². The molecule has 1 saturated heterocycles. The lowest BCUT2D eigenvalue weighted by Gasteiger charge is -2.27. The number of ether oxygens (including phenoxy) is 1. The number of halogens is 2. The van der Waals surface area contributed by atoms with Crippen molar-refractivity contribution in [3.8, 4) is 5.75 Å². The number of likely N-dealkylation sites (tertiary alicyclic amines) is 1. The van der Waals surface area contributed by atoms with E-state index in [-0.39, 0.29) is 18.7 Å². The topological polar surface area (TPSA) is 49.8 Å². The largest absolute Gasteiger partial charge is 0.491 e. The molecule has 2 aromatic rings. The summed E-state index contributed by atoms with van der Waals surface area (Å²) in [6.07, 6.45) is 1.32. The zero-order valence-corrected chi connectivity index (χ0v) is 16.2. The molecule has 0 aromatic heterocycles. The minimum atomic E-state index is -1.08. The summed E-state index contributed by atoms with van der Waals surface area (Å²) in [5, 5.41) is 10.9. The third-order valence-corrected chi connectivity index (χ3v) is 5.35. The molecule has 4 nitrogen and oxygen atoms in total. The lowest BCUT2D eigenvalue weighted by molar-refractivity contribution is -0.0163. The Balaban J connectivity index is 1.64. The molecule has 0 bridgehead atoms. The molecule has 28 heavy (non-hydrogen) atoms. The fourth-order valence-corrected chi connectivity index (χ4v) is 3.38. The van der Waals surface area contributed by atoms with Gasteiger partial charge in [0.2, 0.25) is 0 Å². The molecule has 0 spiro atoms. The lowest BCUT2D eigenvalue weighted by Crippen LogP contribution is -2.38. The highest BCUT2D eigenvalue weighted by Gasteiger charge is 2.33. The number of hydrogen-bond donors (Lipinski definition) is 1. The van der Waals surface area contributed by atoms with Crippen LogP contribution in [0.3, 0.4) is 0 Å². The number of hydrogen-bond acceptors (Lipinski definition) is 3. The standard InChI is InChI=1S/C22H25F2NO3/c1-15-4-6-18(12-16(15)2)28-14-22(27)8-3-10-25(11-9-22)21(26)19-13-17(23)5-7-20(19)24/h4-7,12-13,27H,3,8-11,14H2,1-2H3. The minimum Gasteiger partial charge on any atom is -0.491 e. The van der Waals surface area contributed by atoms with E-state index in [0.717, 1.165) is 23.8 Å². The molecular weight excluding hydrogens is 364 g/mol. The number of benzene rings is 2. The Morgan fingerprint density at radius 3 is 2.64 bits per heavy atom. The molecular formula is C22H25F2NO3. The van der Waals surface area contributed by atoms with E-state index in [9.17, 15) is 18.7 Å². The summed E-state index contributed by atoms with van der Waals surface area (Å²) in [6.45, 7) is 4.76. The van der Waals surface area contributed by atoms with Crippen molar-refractivity contribution in [1.29, 1.82) is 0 Å². The van der Waals surface area contributed by atoms with Crippen molar-refractivity contribution in [1.82, 2.24) is 4.90 Å². The molecule has 150 valence electrons. The van der Waals surface area contributed by atoms with Crippen LogP contribution in [0, 0.1) is 25.5 Å². The number of nitrogens with zero attached hydrogens (tertiary/aromatic N) is 1. The first-order valence-electron chi connectivity index (χ1n) is 9.44. The van der Waals surface area contributed by atoms with Gasteiger partial charge in [0.25, 0.3) is 5.91 Å². The second kappa shape index (κ2) is 8.27. The Morgan fingerprint density at radius 1 is 1.11 bits per heavy atom. The Bertz CT molecular complexity index is 871. The van der Waals surface area contributed by atoms with Crippen LogP contribution >= 0.6 is 0 Å². The molecule has 6 heteroatoms. The maximum atomic E-state index is 13.9. The van der Waals surface area contributed by atoms with Crippen LogP contribution < -0.4 is 4.74 Å². The van der Waals surface area contributed by atoms with Crippen molar-refractivity contribution >= 4 is 5.91 Å². The van der Waals surface area contributed by atoms with Crippen molar-refractivity contribution in [3.63, 3.8) is 0 Å². The van der Waals surface area contributed by atoms with Crippen molar-refractivity contribution in [2.75, 3.05) is 19.7 Å². The Labute approximate surface area is 163 Å². The third kappa shape index (κ3) is 4.68. The first-order chi connectivity index (χ1) is 13.3. The van der Waals surface area contributed by atoms with Gasteiger partial charge in [-0.2, -0.15) is 0 Å². The highest BCUT2D eigenvalue weighted by Crippen LogP contribution is 2.26. The maximum absolute atomic E-state index is 13.9. The van der Waals surface area contributed by atoms with Crippen LogP contribution in [0.2, 0.25) is 0 Å². The monoisotopic (exact) mass is 389 g/mol. The fourth-order valence-electron chi connectivity index (χ4n) is 3.38. The molecule has 0 aliphatic carbocycles. The van der Waals surface area contributed by atoms with Gasteiger partial charge in [0.05, 0.1) is 5.56 Å². The molecule has 1 aliphatic rings. The number of aliphatic hydroxyl groups is 1. The number of rotatable bonds is 4. The lowest BCUT2D eigenvalue weighted by atomic mass is 9.96. The van der Waals surface area contributed by atoms with Gasteiger partial charge in [-0.15, -0.1) is 0 Å². The Kier molecular flexibility index (Phi) is 5.98. The summed E-state index contributed by atoms with van der Waals surface area (Å²) in [4.78, 5) is 14.1. The first-order valence-corrected chi connectivity index (χ1v) is 9.44. The van der Waals surface area contributed by atoms with Crippen LogP contribution in [0.15, 0.2) is 36.4 Å². The van der Waals surface area contributed by atoms with Crippen LogP contribution in [0.1, 0.15) is 40.7 Å². The molecule has 0 radical (unpaired) electrons. The zero-order valence-electron chi connectivity index (χ0n) is 16.2. The Hall–Kier alpha value is -2.47. The quantitative estimate of drug-likeness (QED) is 0.859. The summed E-state index contributed by atoms with van der Waals surface area (Å²) in [5.41, 5.74) is 0.921. The summed E-state index contributed by atoms with van der Waals surface area (Å²) in [5.74, 6) is -1.27. The van der Waals surface area contributed by atoms with Crippen molar-refractivity contribution in [2.24, 2.45) is 0 Å². The van der Waals surface area contributed by atoms with Gasteiger partial charge in [0.1, 0.15) is 29.6 Å². The van der Waals surface area contributed by atoms with Crippen LogP contribution in [0.4, 0.5) is 8.78 Å². The van der Waals surface area contributed by atoms with Crippen LogP contribution in [0.25, 0.3) is 0 Å². The van der Waals surface area contributed by atoms with E-state index in [4.69, 9.17) is 4.74 Å². The number of carbonyl (C=O) groups is 1. The molecule has 1 atom stereocenters. The normalized spacial score (nSPS) is 20.0. The second-order valence-corrected chi connectivity index (χ2v) is 7.53. The van der Waals surface area contributed by atoms with Crippen molar-refractivity contribution in [3.05, 3.63) is 64.7 Å². The molecule has 1 unspecified atom stereocenters. The van der Waals surface area contributed by atoms with Gasteiger partial charge >= 0.3 is 0 Å². The first kappa shape index (κ1) is 20.3. The molecule has 1 N–H and O–H groups in total. The molecule has 3 rings (SSSR count). The average Bonchev–Trinajstić information content (AvgIpc) is 2.86. The fraction of sp³-hybridized carbons (Fsp3) is 0.409. The number of carbonyl (C=O) groups excluding carboxylic acids is 1. The van der Waals surface area contributed by atoms with E-state index >= 15 is 0 Å². The average molecular weight is 389 g/mol.